The summed E-state index contributed by atoms with van der Waals surface area (Å²) in [6.07, 6.45) is 1.01. The summed E-state index contributed by atoms with van der Waals surface area (Å²) in [6.45, 7) is 2.85. The van der Waals surface area contributed by atoms with Gasteiger partial charge in [-0.3, -0.25) is 4.79 Å². The normalized spacial score (nSPS) is 34.6. The van der Waals surface area contributed by atoms with Crippen LogP contribution in [0.5, 0.6) is 0 Å². The van der Waals surface area contributed by atoms with Crippen molar-refractivity contribution in [2.75, 3.05) is 6.61 Å². The summed E-state index contributed by atoms with van der Waals surface area (Å²) in [4.78, 5) is 12.5. The average Bonchev–Trinajstić information content (AvgIpc) is 2.69. The Kier molecular flexibility index (Phi) is 4.04. The fourth-order valence-electron chi connectivity index (χ4n) is 3.32. The van der Waals surface area contributed by atoms with Crippen LogP contribution < -0.4 is 0 Å². The molecular weight excluding hydrogens is 267 g/mol. The number of hydrogen-bond donors (Lipinski definition) is 0. The molecule has 2 aliphatic rings. The number of carbonyl (C=O) groups is 1. The molecule has 2 saturated heterocycles. The fraction of sp³-hybridized carbons (Fsp3) is 0.562. The SMILES string of the molecule is [B][C@@H]1O[C@@]2(CC)CCOC1[C@H]2C(=O)OCc1ccccc1. The lowest BCUT2D eigenvalue weighted by molar-refractivity contribution is -0.167. The quantitative estimate of drug-likeness (QED) is 0.625. The summed E-state index contributed by atoms with van der Waals surface area (Å²) in [5.74, 6) is -0.715. The highest BCUT2D eigenvalue weighted by Crippen LogP contribution is 2.46. The Morgan fingerprint density at radius 3 is 2.90 bits per heavy atom. The third-order valence-electron chi connectivity index (χ3n) is 4.50. The van der Waals surface area contributed by atoms with Crippen LogP contribution in [0.15, 0.2) is 30.3 Å². The van der Waals surface area contributed by atoms with Crippen molar-refractivity contribution in [3.8, 4) is 0 Å². The molecule has 0 N–H and O–H groups in total. The summed E-state index contributed by atoms with van der Waals surface area (Å²) < 4.78 is 17.0. The Morgan fingerprint density at radius 2 is 2.19 bits per heavy atom. The Balaban J connectivity index is 1.71. The minimum atomic E-state index is -0.554. The second-order valence-corrected chi connectivity index (χ2v) is 5.66. The van der Waals surface area contributed by atoms with Crippen LogP contribution >= 0.6 is 0 Å². The summed E-state index contributed by atoms with van der Waals surface area (Å²) in [7, 11) is 5.96. The predicted molar refractivity (Wildman–Crippen MR) is 77.7 cm³/mol. The Morgan fingerprint density at radius 1 is 1.43 bits per heavy atom. The number of ether oxygens (including phenoxy) is 3. The molecule has 21 heavy (non-hydrogen) atoms. The summed E-state index contributed by atoms with van der Waals surface area (Å²) in [5.41, 5.74) is 0.432. The van der Waals surface area contributed by atoms with Gasteiger partial charge in [-0.25, -0.2) is 0 Å². The molecule has 1 unspecified atom stereocenters. The van der Waals surface area contributed by atoms with Crippen LogP contribution in [0, 0.1) is 5.92 Å². The molecule has 0 saturated carbocycles. The van der Waals surface area contributed by atoms with Crippen molar-refractivity contribution in [3.63, 3.8) is 0 Å². The first kappa shape index (κ1) is 14.6. The van der Waals surface area contributed by atoms with Crippen LogP contribution in [-0.2, 0) is 25.6 Å². The first-order valence-corrected chi connectivity index (χ1v) is 7.42. The molecule has 0 amide bonds. The van der Waals surface area contributed by atoms with Gasteiger partial charge >= 0.3 is 5.97 Å². The van der Waals surface area contributed by atoms with Crippen LogP contribution in [0.2, 0.25) is 0 Å². The van der Waals surface area contributed by atoms with Crippen molar-refractivity contribution in [2.24, 2.45) is 5.92 Å². The van der Waals surface area contributed by atoms with E-state index < -0.39 is 23.6 Å². The van der Waals surface area contributed by atoms with Gasteiger partial charge in [0, 0.05) is 19.0 Å². The van der Waals surface area contributed by atoms with E-state index in [-0.39, 0.29) is 12.6 Å². The van der Waals surface area contributed by atoms with Gasteiger partial charge in [0.25, 0.3) is 0 Å². The van der Waals surface area contributed by atoms with Gasteiger partial charge in [0.05, 0.1) is 11.7 Å². The highest BCUT2D eigenvalue weighted by Gasteiger charge is 2.59. The molecule has 1 aromatic rings. The topological polar surface area (TPSA) is 44.8 Å². The highest BCUT2D eigenvalue weighted by molar-refractivity contribution is 6.12. The molecule has 1 aromatic carbocycles. The lowest BCUT2D eigenvalue weighted by atomic mass is 9.77. The minimum absolute atomic E-state index is 0.262. The molecule has 4 atom stereocenters. The zero-order valence-electron chi connectivity index (χ0n) is 12.2. The average molecular weight is 286 g/mol. The van der Waals surface area contributed by atoms with Crippen molar-refractivity contribution in [2.45, 2.75) is 44.1 Å². The van der Waals surface area contributed by atoms with Crippen molar-refractivity contribution >= 4 is 13.8 Å². The van der Waals surface area contributed by atoms with Gasteiger partial charge in [-0.05, 0) is 12.0 Å². The van der Waals surface area contributed by atoms with Gasteiger partial charge in [-0.2, -0.15) is 0 Å². The van der Waals surface area contributed by atoms with Gasteiger partial charge in [-0.1, -0.05) is 37.3 Å². The number of carbonyl (C=O) groups excluding carboxylic acids is 1. The standard InChI is InChI=1S/C16H19BO4/c1-2-16-8-9-19-13(14(17)21-16)12(16)15(18)20-10-11-6-4-3-5-7-11/h3-7,12-14H,2,8-10H2,1H3/t12-,13?,14+,16-/m0/s1. The number of hydrogen-bond acceptors (Lipinski definition) is 4. The predicted octanol–water partition coefficient (Wildman–Crippen LogP) is 1.81. The Hall–Kier alpha value is -1.33. The molecule has 2 aliphatic heterocycles. The van der Waals surface area contributed by atoms with Gasteiger partial charge in [-0.15, -0.1) is 0 Å². The molecule has 5 heteroatoms. The molecule has 2 radical (unpaired) electrons. The molecular formula is C16H19BO4. The van der Waals surface area contributed by atoms with E-state index in [4.69, 9.17) is 22.1 Å². The fourth-order valence-corrected chi connectivity index (χ4v) is 3.32. The van der Waals surface area contributed by atoms with E-state index in [0.29, 0.717) is 13.0 Å². The minimum Gasteiger partial charge on any atom is -0.460 e. The first-order valence-electron chi connectivity index (χ1n) is 7.42. The van der Waals surface area contributed by atoms with E-state index in [0.717, 1.165) is 12.0 Å². The molecule has 4 nitrogen and oxygen atoms in total. The maximum atomic E-state index is 12.5. The molecule has 2 heterocycles. The molecule has 0 spiro atoms. The second kappa shape index (κ2) is 5.81. The largest absolute Gasteiger partial charge is 0.460 e. The summed E-state index contributed by atoms with van der Waals surface area (Å²) in [6, 6.07) is 9.07. The number of rotatable bonds is 4. The van der Waals surface area contributed by atoms with Crippen molar-refractivity contribution in [1.29, 1.82) is 0 Å². The van der Waals surface area contributed by atoms with E-state index in [1.54, 1.807) is 0 Å². The number of benzene rings is 1. The van der Waals surface area contributed by atoms with Gasteiger partial charge in [0.1, 0.15) is 20.4 Å². The Labute approximate surface area is 126 Å². The second-order valence-electron chi connectivity index (χ2n) is 5.66. The van der Waals surface area contributed by atoms with E-state index in [1.807, 2.05) is 37.3 Å². The van der Waals surface area contributed by atoms with Gasteiger partial charge in [0.2, 0.25) is 0 Å². The maximum absolute atomic E-state index is 12.5. The van der Waals surface area contributed by atoms with Crippen molar-refractivity contribution < 1.29 is 19.0 Å². The lowest BCUT2D eigenvalue weighted by Crippen LogP contribution is -2.49. The van der Waals surface area contributed by atoms with E-state index in [1.165, 1.54) is 0 Å². The van der Waals surface area contributed by atoms with E-state index in [2.05, 4.69) is 0 Å². The molecule has 2 fully saturated rings. The monoisotopic (exact) mass is 286 g/mol. The molecule has 3 rings (SSSR count). The highest BCUT2D eigenvalue weighted by atomic mass is 16.6. The summed E-state index contributed by atoms with van der Waals surface area (Å²) in [5, 5.41) is 0. The zero-order chi connectivity index (χ0) is 14.9. The molecule has 110 valence electrons. The van der Waals surface area contributed by atoms with Crippen LogP contribution in [-0.4, -0.2) is 38.1 Å². The van der Waals surface area contributed by atoms with Crippen LogP contribution in [0.1, 0.15) is 25.3 Å². The first-order chi connectivity index (χ1) is 10.2. The molecule has 2 bridgehead atoms. The third-order valence-corrected chi connectivity index (χ3v) is 4.50. The molecule has 0 aromatic heterocycles. The smallest absolute Gasteiger partial charge is 0.314 e. The third kappa shape index (κ3) is 2.60. The van der Waals surface area contributed by atoms with Gasteiger partial charge < -0.3 is 14.2 Å². The van der Waals surface area contributed by atoms with Gasteiger partial charge in [0.15, 0.2) is 0 Å². The molecule has 0 aliphatic carbocycles. The van der Waals surface area contributed by atoms with Crippen molar-refractivity contribution in [1.82, 2.24) is 0 Å². The van der Waals surface area contributed by atoms with Crippen molar-refractivity contribution in [3.05, 3.63) is 35.9 Å². The van der Waals surface area contributed by atoms with E-state index in [9.17, 15) is 4.79 Å². The van der Waals surface area contributed by atoms with Crippen LogP contribution in [0.25, 0.3) is 0 Å². The lowest BCUT2D eigenvalue weighted by Gasteiger charge is -2.37. The maximum Gasteiger partial charge on any atom is 0.314 e. The summed E-state index contributed by atoms with van der Waals surface area (Å²) >= 11 is 0. The van der Waals surface area contributed by atoms with Crippen LogP contribution in [0.4, 0.5) is 0 Å². The zero-order valence-corrected chi connectivity index (χ0v) is 12.2. The Bertz CT molecular complexity index is 506. The van der Waals surface area contributed by atoms with E-state index >= 15 is 0 Å². The number of fused-ring (bicyclic) bond motifs is 2. The van der Waals surface area contributed by atoms with Crippen LogP contribution in [0.3, 0.4) is 0 Å². The number of esters is 1.